The predicted octanol–water partition coefficient (Wildman–Crippen LogP) is 2.89. The summed E-state index contributed by atoms with van der Waals surface area (Å²) < 4.78 is 25.6. The van der Waals surface area contributed by atoms with Crippen molar-refractivity contribution in [2.45, 2.75) is 6.92 Å². The van der Waals surface area contributed by atoms with Crippen LogP contribution in [0.5, 0.6) is 0 Å². The van der Waals surface area contributed by atoms with Crippen LogP contribution in [0.4, 0.5) is 28.7 Å². The van der Waals surface area contributed by atoms with Gasteiger partial charge in [-0.2, -0.15) is 5.26 Å². The summed E-state index contributed by atoms with van der Waals surface area (Å²) in [5, 5.41) is 15.1. The van der Waals surface area contributed by atoms with Gasteiger partial charge in [0, 0.05) is 31.1 Å². The Bertz CT molecular complexity index is 1460. The van der Waals surface area contributed by atoms with Crippen molar-refractivity contribution in [2.24, 2.45) is 0 Å². The van der Waals surface area contributed by atoms with Gasteiger partial charge in [-0.25, -0.2) is 23.9 Å². The first-order chi connectivity index (χ1) is 17.2. The first kappa shape index (κ1) is 26.0. The number of aromatic nitrogens is 2. The molecule has 0 unspecified atom stereocenters. The minimum Gasteiger partial charge on any atom is -0.353 e. The second kappa shape index (κ2) is 11.2. The van der Waals surface area contributed by atoms with Crippen LogP contribution in [0.25, 0.3) is 0 Å². The van der Waals surface area contributed by atoms with Crippen LogP contribution in [-0.4, -0.2) is 44.2 Å². The fourth-order valence-electron chi connectivity index (χ4n) is 2.98. The summed E-state index contributed by atoms with van der Waals surface area (Å²) in [6.07, 6.45) is 9.32. The van der Waals surface area contributed by atoms with E-state index in [0.717, 1.165) is 10.6 Å². The molecule has 0 saturated heterocycles. The number of nitriles is 1. The molecule has 3 N–H and O–H groups in total. The number of pyridine rings is 2. The number of hydrogen-bond acceptors (Lipinski definition) is 9. The molecule has 1 amide bonds. The van der Waals surface area contributed by atoms with Crippen LogP contribution in [0, 0.1) is 23.7 Å². The first-order valence-corrected chi connectivity index (χ1v) is 12.4. The number of amides is 1. The summed E-state index contributed by atoms with van der Waals surface area (Å²) in [6, 6.07) is 11.6. The molecule has 2 aromatic heterocycles. The van der Waals surface area contributed by atoms with E-state index in [4.69, 9.17) is 16.5 Å². The molecule has 3 rings (SSSR count). The van der Waals surface area contributed by atoms with Gasteiger partial charge in [0.1, 0.15) is 17.7 Å². The molecule has 184 valence electrons. The van der Waals surface area contributed by atoms with Crippen molar-refractivity contribution >= 4 is 44.6 Å². The van der Waals surface area contributed by atoms with E-state index < -0.39 is 15.9 Å². The number of sulfonamides is 1. The number of rotatable bonds is 9. The molecule has 2 heterocycles. The van der Waals surface area contributed by atoms with E-state index >= 15 is 0 Å². The second-order valence-corrected chi connectivity index (χ2v) is 9.39. The van der Waals surface area contributed by atoms with Gasteiger partial charge in [0.25, 0.3) is 5.91 Å². The summed E-state index contributed by atoms with van der Waals surface area (Å²) in [4.78, 5) is 26.2. The van der Waals surface area contributed by atoms with Gasteiger partial charge < -0.3 is 10.6 Å². The van der Waals surface area contributed by atoms with Gasteiger partial charge in [-0.1, -0.05) is 5.92 Å². The normalized spacial score (nSPS) is 10.6. The molecule has 0 radical (unpaired) electrons. The quantitative estimate of drug-likeness (QED) is 0.295. The Morgan fingerprint density at radius 1 is 1.08 bits per heavy atom. The third-order valence-electron chi connectivity index (χ3n) is 4.88. The third-order valence-corrected chi connectivity index (χ3v) is 6.07. The molecule has 0 aliphatic carbocycles. The van der Waals surface area contributed by atoms with Crippen molar-refractivity contribution in [3.05, 3.63) is 65.5 Å². The number of hydrogen-bond donors (Lipinski definition) is 3. The molecule has 11 nitrogen and oxygen atoms in total. The third kappa shape index (κ3) is 6.27. The van der Waals surface area contributed by atoms with Gasteiger partial charge in [-0.3, -0.25) is 13.9 Å². The number of anilines is 5. The molecule has 0 spiro atoms. The van der Waals surface area contributed by atoms with Gasteiger partial charge in [0.05, 0.1) is 41.1 Å². The Hall–Kier alpha value is -4.65. The summed E-state index contributed by atoms with van der Waals surface area (Å²) in [5.41, 5.74) is 4.29. The fraction of sp³-hybridized carbons (Fsp3) is 0.167. The molecule has 0 aliphatic heterocycles. The van der Waals surface area contributed by atoms with E-state index in [9.17, 15) is 13.2 Å². The first-order valence-electron chi connectivity index (χ1n) is 10.5. The lowest BCUT2D eigenvalue weighted by molar-refractivity contribution is 0.0365. The summed E-state index contributed by atoms with van der Waals surface area (Å²) in [6.45, 7) is 1.97. The van der Waals surface area contributed by atoms with Crippen molar-refractivity contribution in [2.75, 3.05) is 34.8 Å². The monoisotopic (exact) mass is 505 g/mol. The maximum Gasteiger partial charge on any atom is 0.278 e. The van der Waals surface area contributed by atoms with Crippen LogP contribution in [0.15, 0.2) is 48.8 Å². The summed E-state index contributed by atoms with van der Waals surface area (Å²) in [5.74, 6) is 2.68. The predicted molar refractivity (Wildman–Crippen MR) is 136 cm³/mol. The molecular formula is C24H23N7O4S. The minimum absolute atomic E-state index is 0.135. The number of carbonyl (C=O) groups excluding carboxylic acids is 1. The van der Waals surface area contributed by atoms with E-state index in [1.54, 1.807) is 43.3 Å². The highest BCUT2D eigenvalue weighted by molar-refractivity contribution is 7.92. The standard InChI is InChI=1S/C24H23N7O4S/c1-5-16-7-9-19(21(11-16)31(3)36(4,33)34)28-20-12-23(27-15-18(20)24(32)30-35-6-2)29-22-10-8-17(13-25)14-26-22/h1,7-12,14-15H,6H2,2-4H3,(H,30,32)(H2,26,27,28,29). The number of nitrogens with one attached hydrogen (secondary N) is 3. The maximum absolute atomic E-state index is 12.7. The number of benzene rings is 1. The number of terminal acetylenes is 1. The molecule has 3 aromatic rings. The lowest BCUT2D eigenvalue weighted by Crippen LogP contribution is -2.26. The van der Waals surface area contributed by atoms with E-state index in [2.05, 4.69) is 32.0 Å². The van der Waals surface area contributed by atoms with Crippen LogP contribution in [0.1, 0.15) is 28.4 Å². The van der Waals surface area contributed by atoms with Crippen LogP contribution in [0.3, 0.4) is 0 Å². The molecule has 36 heavy (non-hydrogen) atoms. The molecule has 1 aromatic carbocycles. The van der Waals surface area contributed by atoms with Crippen LogP contribution < -0.4 is 20.4 Å². The number of hydroxylamine groups is 1. The SMILES string of the molecule is C#Cc1ccc(Nc2cc(Nc3ccc(C#N)cn3)ncc2C(=O)NOCC)c(N(C)S(C)(=O)=O)c1. The lowest BCUT2D eigenvalue weighted by Gasteiger charge is -2.22. The lowest BCUT2D eigenvalue weighted by atomic mass is 10.1. The fourth-order valence-corrected chi connectivity index (χ4v) is 3.49. The van der Waals surface area contributed by atoms with Gasteiger partial charge in [0.15, 0.2) is 0 Å². The Morgan fingerprint density at radius 2 is 1.81 bits per heavy atom. The average molecular weight is 506 g/mol. The molecule has 0 bridgehead atoms. The zero-order valence-corrected chi connectivity index (χ0v) is 20.5. The Morgan fingerprint density at radius 3 is 2.42 bits per heavy atom. The van der Waals surface area contributed by atoms with E-state index in [-0.39, 0.29) is 17.9 Å². The van der Waals surface area contributed by atoms with Gasteiger partial charge in [-0.15, -0.1) is 6.42 Å². The van der Waals surface area contributed by atoms with Crippen molar-refractivity contribution in [1.82, 2.24) is 15.4 Å². The largest absolute Gasteiger partial charge is 0.353 e. The molecular weight excluding hydrogens is 482 g/mol. The zero-order chi connectivity index (χ0) is 26.3. The highest BCUT2D eigenvalue weighted by Crippen LogP contribution is 2.33. The van der Waals surface area contributed by atoms with Crippen LogP contribution in [0.2, 0.25) is 0 Å². The Labute approximate surface area is 209 Å². The molecule has 0 fully saturated rings. The molecule has 0 saturated carbocycles. The van der Waals surface area contributed by atoms with E-state index in [0.29, 0.717) is 34.1 Å². The van der Waals surface area contributed by atoms with Crippen LogP contribution in [-0.2, 0) is 14.9 Å². The van der Waals surface area contributed by atoms with Gasteiger partial charge in [0.2, 0.25) is 10.0 Å². The maximum atomic E-state index is 12.7. The van der Waals surface area contributed by atoms with Crippen LogP contribution >= 0.6 is 0 Å². The van der Waals surface area contributed by atoms with E-state index in [1.165, 1.54) is 19.4 Å². The molecule has 0 aliphatic rings. The highest BCUT2D eigenvalue weighted by Gasteiger charge is 2.20. The smallest absolute Gasteiger partial charge is 0.278 e. The van der Waals surface area contributed by atoms with Crippen molar-refractivity contribution < 1.29 is 18.0 Å². The topological polar surface area (TPSA) is 149 Å². The van der Waals surface area contributed by atoms with Gasteiger partial charge in [-0.05, 0) is 37.3 Å². The molecule has 0 atom stereocenters. The minimum atomic E-state index is -3.62. The Balaban J connectivity index is 2.06. The van der Waals surface area contributed by atoms with E-state index in [1.807, 2.05) is 6.07 Å². The molecule has 12 heteroatoms. The second-order valence-electron chi connectivity index (χ2n) is 7.38. The number of nitrogens with zero attached hydrogens (tertiary/aromatic N) is 4. The highest BCUT2D eigenvalue weighted by atomic mass is 32.2. The zero-order valence-electron chi connectivity index (χ0n) is 19.7. The van der Waals surface area contributed by atoms with Crippen molar-refractivity contribution in [3.8, 4) is 18.4 Å². The summed E-state index contributed by atoms with van der Waals surface area (Å²) in [7, 11) is -2.22. The van der Waals surface area contributed by atoms with Crippen molar-refractivity contribution in [3.63, 3.8) is 0 Å². The average Bonchev–Trinajstić information content (AvgIpc) is 2.87. The Kier molecular flexibility index (Phi) is 8.07. The number of carbonyl (C=O) groups is 1. The van der Waals surface area contributed by atoms with Crippen molar-refractivity contribution in [1.29, 1.82) is 5.26 Å². The summed E-state index contributed by atoms with van der Waals surface area (Å²) >= 11 is 0. The van der Waals surface area contributed by atoms with Gasteiger partial charge >= 0.3 is 0 Å².